The number of hydrogen-bond acceptors (Lipinski definition) is 7. The summed E-state index contributed by atoms with van der Waals surface area (Å²) in [5, 5.41) is 30.5. The Morgan fingerprint density at radius 1 is 0.966 bits per heavy atom. The zero-order valence-corrected chi connectivity index (χ0v) is 18.0. The van der Waals surface area contributed by atoms with Gasteiger partial charge in [-0.15, -0.1) is 0 Å². The average Bonchev–Trinajstić information content (AvgIpc) is 2.67. The van der Waals surface area contributed by atoms with Crippen molar-refractivity contribution in [3.8, 4) is 0 Å². The van der Waals surface area contributed by atoms with Gasteiger partial charge in [0.05, 0.1) is 28.1 Å². The highest BCUT2D eigenvalue weighted by atomic mass is 79.9. The molecule has 0 atom stereocenters. The summed E-state index contributed by atoms with van der Waals surface area (Å²) in [6.07, 6.45) is 0. The molecule has 0 bridgehead atoms. The van der Waals surface area contributed by atoms with Crippen molar-refractivity contribution in [2.75, 3.05) is 14.2 Å². The molecule has 0 aromatic heterocycles. The van der Waals surface area contributed by atoms with Gasteiger partial charge in [0.25, 0.3) is 17.3 Å². The second-order valence-electron chi connectivity index (χ2n) is 5.13. The smallest absolute Gasteiger partial charge is 0.337 e. The third-order valence-electron chi connectivity index (χ3n) is 3.34. The minimum Gasteiger partial charge on any atom is -0.478 e. The van der Waals surface area contributed by atoms with Crippen molar-refractivity contribution in [3.63, 3.8) is 0 Å². The van der Waals surface area contributed by atoms with Crippen LogP contribution in [0.4, 0.5) is 11.4 Å². The number of benzene rings is 2. The summed E-state index contributed by atoms with van der Waals surface area (Å²) in [5.74, 6) is -1.66. The van der Waals surface area contributed by atoms with Gasteiger partial charge in [-0.2, -0.15) is 0 Å². The topological polar surface area (TPSA) is 153 Å². The summed E-state index contributed by atoms with van der Waals surface area (Å²) in [4.78, 5) is 46.6. The number of hydrogen-bond donors (Lipinski definition) is 1. The van der Waals surface area contributed by atoms with E-state index >= 15 is 0 Å². The number of carboxylic acids is 1. The predicted octanol–water partition coefficient (Wildman–Crippen LogP) is 4.05. The van der Waals surface area contributed by atoms with Crippen LogP contribution < -0.4 is 0 Å². The number of nitrogens with zero attached hydrogens (tertiary/aromatic N) is 3. The van der Waals surface area contributed by atoms with Gasteiger partial charge in [0.2, 0.25) is 0 Å². The Morgan fingerprint density at radius 2 is 1.38 bits per heavy atom. The van der Waals surface area contributed by atoms with Crippen molar-refractivity contribution in [2.24, 2.45) is 0 Å². The molecule has 2 rings (SSSR count). The summed E-state index contributed by atoms with van der Waals surface area (Å²) >= 11 is 6.13. The fourth-order valence-electron chi connectivity index (χ4n) is 1.83. The standard InChI is InChI=1S/C9H9BrN2O4.C7H4BrNO4/c1-11(16-2)9(13)7-5-6(12(14)15)3-4-8(7)10;8-6-2-1-4(9(12)13)3-5(6)7(10)11/h3-5H,1-2H3;1-3H,(H,10,11). The van der Waals surface area contributed by atoms with E-state index in [2.05, 4.69) is 31.9 Å². The largest absolute Gasteiger partial charge is 0.478 e. The van der Waals surface area contributed by atoms with Crippen molar-refractivity contribution in [1.82, 2.24) is 5.06 Å². The van der Waals surface area contributed by atoms with Gasteiger partial charge in [0.1, 0.15) is 0 Å². The van der Waals surface area contributed by atoms with E-state index in [-0.39, 0.29) is 22.5 Å². The number of nitro benzene ring substituents is 2. The molecule has 0 saturated heterocycles. The molecule has 0 unspecified atom stereocenters. The van der Waals surface area contributed by atoms with Crippen LogP contribution in [0.3, 0.4) is 0 Å². The number of nitro groups is 2. The lowest BCUT2D eigenvalue weighted by Gasteiger charge is -2.14. The first-order valence-electron chi connectivity index (χ1n) is 7.43. The Hall–Kier alpha value is -2.90. The fraction of sp³-hybridized carbons (Fsp3) is 0.125. The summed E-state index contributed by atoms with van der Waals surface area (Å²) in [5.41, 5.74) is -0.315. The molecule has 0 fully saturated rings. The van der Waals surface area contributed by atoms with E-state index in [0.29, 0.717) is 8.95 Å². The molecule has 29 heavy (non-hydrogen) atoms. The molecule has 2 aromatic carbocycles. The second-order valence-corrected chi connectivity index (χ2v) is 6.84. The monoisotopic (exact) mass is 533 g/mol. The Labute approximate surface area is 180 Å². The van der Waals surface area contributed by atoms with Gasteiger partial charge in [-0.05, 0) is 44.0 Å². The highest BCUT2D eigenvalue weighted by Crippen LogP contribution is 2.24. The van der Waals surface area contributed by atoms with E-state index in [0.717, 1.165) is 11.1 Å². The number of non-ortho nitro benzene ring substituents is 2. The molecule has 1 N–H and O–H groups in total. The molecule has 0 aliphatic carbocycles. The number of aromatic carboxylic acids is 1. The molecule has 0 spiro atoms. The second kappa shape index (κ2) is 10.6. The van der Waals surface area contributed by atoms with Crippen LogP contribution in [0.1, 0.15) is 20.7 Å². The third kappa shape index (κ3) is 6.58. The van der Waals surface area contributed by atoms with Gasteiger partial charge >= 0.3 is 5.97 Å². The summed E-state index contributed by atoms with van der Waals surface area (Å²) in [6.45, 7) is 0. The van der Waals surface area contributed by atoms with E-state index in [4.69, 9.17) is 9.94 Å². The first-order chi connectivity index (χ1) is 13.5. The fourth-order valence-corrected chi connectivity index (χ4v) is 2.67. The van der Waals surface area contributed by atoms with Crippen molar-refractivity contribution in [1.29, 1.82) is 0 Å². The Kier molecular flexibility index (Phi) is 8.82. The molecule has 2 aromatic rings. The molecular weight excluding hydrogens is 522 g/mol. The number of hydroxylamine groups is 2. The van der Waals surface area contributed by atoms with Crippen molar-refractivity contribution < 1.29 is 29.4 Å². The van der Waals surface area contributed by atoms with Crippen LogP contribution in [0.5, 0.6) is 0 Å². The van der Waals surface area contributed by atoms with Crippen LogP contribution in [0, 0.1) is 20.2 Å². The molecule has 0 radical (unpaired) electrons. The molecule has 0 aliphatic heterocycles. The highest BCUT2D eigenvalue weighted by Gasteiger charge is 2.18. The number of carbonyl (C=O) groups excluding carboxylic acids is 1. The van der Waals surface area contributed by atoms with Crippen LogP contribution in [0.15, 0.2) is 45.3 Å². The van der Waals surface area contributed by atoms with E-state index in [1.165, 1.54) is 44.5 Å². The van der Waals surface area contributed by atoms with Crippen LogP contribution in [-0.4, -0.2) is 46.1 Å². The van der Waals surface area contributed by atoms with Gasteiger partial charge in [-0.1, -0.05) is 0 Å². The molecule has 1 amide bonds. The van der Waals surface area contributed by atoms with E-state index in [1.807, 2.05) is 0 Å². The number of carboxylic acid groups (broad SMARTS) is 1. The predicted molar refractivity (Wildman–Crippen MR) is 108 cm³/mol. The summed E-state index contributed by atoms with van der Waals surface area (Å²) in [6, 6.07) is 7.54. The Morgan fingerprint density at radius 3 is 1.76 bits per heavy atom. The maximum Gasteiger partial charge on any atom is 0.337 e. The zero-order valence-electron chi connectivity index (χ0n) is 14.9. The normalized spacial score (nSPS) is 9.79. The van der Waals surface area contributed by atoms with Crippen LogP contribution in [0.25, 0.3) is 0 Å². The van der Waals surface area contributed by atoms with E-state index in [1.54, 1.807) is 0 Å². The van der Waals surface area contributed by atoms with Crippen molar-refractivity contribution >= 4 is 55.1 Å². The molecule has 11 nitrogen and oxygen atoms in total. The molecule has 0 aliphatic rings. The van der Waals surface area contributed by atoms with Gasteiger partial charge in [-0.25, -0.2) is 9.86 Å². The van der Waals surface area contributed by atoms with Crippen LogP contribution in [-0.2, 0) is 4.84 Å². The molecule has 13 heteroatoms. The summed E-state index contributed by atoms with van der Waals surface area (Å²) < 4.78 is 0.803. The lowest BCUT2D eigenvalue weighted by Crippen LogP contribution is -2.25. The Balaban J connectivity index is 0.000000296. The minimum atomic E-state index is -1.20. The number of amides is 1. The van der Waals surface area contributed by atoms with E-state index < -0.39 is 21.7 Å². The lowest BCUT2D eigenvalue weighted by atomic mass is 10.2. The lowest BCUT2D eigenvalue weighted by molar-refractivity contribution is -0.385. The maximum absolute atomic E-state index is 11.7. The Bertz CT molecular complexity index is 967. The molecular formula is C16H13Br2N3O8. The first-order valence-corrected chi connectivity index (χ1v) is 9.01. The maximum atomic E-state index is 11.7. The van der Waals surface area contributed by atoms with Crippen molar-refractivity contribution in [2.45, 2.75) is 0 Å². The third-order valence-corrected chi connectivity index (χ3v) is 4.73. The highest BCUT2D eigenvalue weighted by molar-refractivity contribution is 9.10. The van der Waals surface area contributed by atoms with Crippen LogP contribution in [0.2, 0.25) is 0 Å². The van der Waals surface area contributed by atoms with Gasteiger partial charge in [0.15, 0.2) is 0 Å². The minimum absolute atomic E-state index is 0.116. The SMILES string of the molecule is CON(C)C(=O)c1cc([N+](=O)[O-])ccc1Br.O=C(O)c1cc([N+](=O)[O-])ccc1Br. The van der Waals surface area contributed by atoms with Gasteiger partial charge < -0.3 is 5.11 Å². The molecule has 0 saturated carbocycles. The molecule has 0 heterocycles. The van der Waals surface area contributed by atoms with E-state index in [9.17, 15) is 29.8 Å². The quantitative estimate of drug-likeness (QED) is 0.445. The van der Waals surface area contributed by atoms with Gasteiger partial charge in [-0.3, -0.25) is 29.9 Å². The number of halogens is 2. The number of rotatable bonds is 5. The van der Waals surface area contributed by atoms with Crippen molar-refractivity contribution in [3.05, 3.63) is 76.7 Å². The first kappa shape index (κ1) is 24.1. The summed E-state index contributed by atoms with van der Waals surface area (Å²) in [7, 11) is 2.76. The zero-order chi connectivity index (χ0) is 22.3. The molecule has 154 valence electrons. The van der Waals surface area contributed by atoms with Crippen LogP contribution >= 0.6 is 31.9 Å². The van der Waals surface area contributed by atoms with Gasteiger partial charge in [0, 0.05) is 40.3 Å². The average molecular weight is 535 g/mol. The number of carbonyl (C=O) groups is 2.